The Morgan fingerprint density at radius 1 is 1.17 bits per heavy atom. The number of halogens is 2. The van der Waals surface area contributed by atoms with E-state index < -0.39 is 0 Å². The van der Waals surface area contributed by atoms with Crippen molar-refractivity contribution in [3.05, 3.63) is 82.4 Å². The fraction of sp³-hybridized carbons (Fsp3) is 0.167. The van der Waals surface area contributed by atoms with Crippen LogP contribution >= 0.6 is 23.2 Å². The van der Waals surface area contributed by atoms with Gasteiger partial charge in [-0.1, -0.05) is 0 Å². The Labute approximate surface area is 152 Å². The molecule has 0 saturated carbocycles. The first kappa shape index (κ1) is 16.6. The molecule has 0 aliphatic rings. The van der Waals surface area contributed by atoms with Crippen molar-refractivity contribution >= 4 is 42.6 Å². The maximum absolute atomic E-state index is 6.47. The second-order valence-electron chi connectivity index (χ2n) is 5.30. The summed E-state index contributed by atoms with van der Waals surface area (Å²) in [5.74, 6) is 0. The Hall–Kier alpha value is -1.25. The third-order valence-corrected chi connectivity index (χ3v) is 7.11. The van der Waals surface area contributed by atoms with Gasteiger partial charge in [-0.25, -0.2) is 0 Å². The van der Waals surface area contributed by atoms with E-state index in [2.05, 4.69) is 40.7 Å². The van der Waals surface area contributed by atoms with Crippen LogP contribution in [0.3, 0.4) is 0 Å². The van der Waals surface area contributed by atoms with Crippen LogP contribution in [0, 0.1) is 6.92 Å². The molecule has 0 radical (unpaired) electrons. The monoisotopic (exact) mass is 410 g/mol. The summed E-state index contributed by atoms with van der Waals surface area (Å²) >= 11 is 12.8. The summed E-state index contributed by atoms with van der Waals surface area (Å²) in [5, 5.41) is 1.40. The fourth-order valence-electron chi connectivity index (χ4n) is 2.39. The van der Waals surface area contributed by atoms with Crippen LogP contribution in [0.25, 0.3) is 0 Å². The average molecular weight is 410 g/mol. The summed E-state index contributed by atoms with van der Waals surface area (Å²) in [6, 6.07) is 14.3. The van der Waals surface area contributed by atoms with Crippen molar-refractivity contribution in [2.45, 2.75) is 18.3 Å². The molecule has 0 aliphatic heterocycles. The Morgan fingerprint density at radius 3 is 2.70 bits per heavy atom. The molecule has 1 heterocycles. The van der Waals surface area contributed by atoms with Crippen LogP contribution in [0.1, 0.15) is 15.9 Å². The summed E-state index contributed by atoms with van der Waals surface area (Å²) in [5.41, 5.74) is 2.47. The van der Waals surface area contributed by atoms with E-state index in [0.717, 1.165) is 17.1 Å². The molecule has 3 aromatic rings. The topological polar surface area (TPSA) is 17.8 Å². The van der Waals surface area contributed by atoms with Crippen LogP contribution in [0.4, 0.5) is 0 Å². The van der Waals surface area contributed by atoms with Crippen LogP contribution in [0.5, 0.6) is 0 Å². The van der Waals surface area contributed by atoms with Crippen molar-refractivity contribution in [3.8, 4) is 0 Å². The molecule has 0 fully saturated rings. The molecule has 0 spiro atoms. The molecular formula is C18H16Cl2N2Se. The van der Waals surface area contributed by atoms with Crippen LogP contribution in [-0.4, -0.2) is 24.5 Å². The van der Waals surface area contributed by atoms with E-state index >= 15 is 0 Å². The molecule has 1 atom stereocenters. The molecule has 2 aromatic carbocycles. The standard InChI is InChI=1S/C18H16Cl2N2Se/c1-13-4-2-3-5-17(13)23-18(11-22-9-8-21-12-22)15-7-6-14(19)10-16(15)20/h2-10,12,18H,11H2,1H3. The zero-order valence-electron chi connectivity index (χ0n) is 12.6. The van der Waals surface area contributed by atoms with E-state index in [9.17, 15) is 0 Å². The third-order valence-electron chi connectivity index (χ3n) is 3.61. The molecule has 23 heavy (non-hydrogen) atoms. The summed E-state index contributed by atoms with van der Waals surface area (Å²) in [4.78, 5) is 4.47. The number of imidazole rings is 1. The van der Waals surface area contributed by atoms with Gasteiger partial charge in [-0.3, -0.25) is 0 Å². The van der Waals surface area contributed by atoms with Crippen LogP contribution in [-0.2, 0) is 6.54 Å². The van der Waals surface area contributed by atoms with E-state index in [1.807, 2.05) is 30.7 Å². The van der Waals surface area contributed by atoms with Gasteiger partial charge < -0.3 is 0 Å². The molecule has 0 saturated heterocycles. The van der Waals surface area contributed by atoms with Gasteiger partial charge in [0.25, 0.3) is 0 Å². The quantitative estimate of drug-likeness (QED) is 0.575. The van der Waals surface area contributed by atoms with Crippen molar-refractivity contribution in [2.24, 2.45) is 0 Å². The minimum atomic E-state index is 0.257. The number of aryl methyl sites for hydroxylation is 1. The van der Waals surface area contributed by atoms with Gasteiger partial charge >= 0.3 is 153 Å². The number of nitrogens with zero attached hydrogens (tertiary/aromatic N) is 2. The van der Waals surface area contributed by atoms with E-state index in [1.165, 1.54) is 10.0 Å². The minimum absolute atomic E-state index is 0.257. The van der Waals surface area contributed by atoms with Gasteiger partial charge in [-0.05, 0) is 0 Å². The molecule has 0 amide bonds. The van der Waals surface area contributed by atoms with E-state index in [0.29, 0.717) is 9.84 Å². The van der Waals surface area contributed by atoms with Gasteiger partial charge in [0.2, 0.25) is 0 Å². The Bertz CT molecular complexity index is 787. The van der Waals surface area contributed by atoms with Gasteiger partial charge in [-0.15, -0.1) is 0 Å². The van der Waals surface area contributed by atoms with Gasteiger partial charge in [0.1, 0.15) is 0 Å². The first-order valence-corrected chi connectivity index (χ1v) is 9.86. The first-order valence-electron chi connectivity index (χ1n) is 7.26. The number of rotatable bonds is 5. The van der Waals surface area contributed by atoms with E-state index in [1.54, 1.807) is 6.20 Å². The molecular weight excluding hydrogens is 394 g/mol. The number of aromatic nitrogens is 2. The fourth-order valence-corrected chi connectivity index (χ4v) is 5.80. The maximum atomic E-state index is 6.47. The van der Waals surface area contributed by atoms with Gasteiger partial charge in [0.05, 0.1) is 0 Å². The van der Waals surface area contributed by atoms with E-state index in [4.69, 9.17) is 23.2 Å². The second kappa shape index (κ2) is 7.55. The van der Waals surface area contributed by atoms with Crippen molar-refractivity contribution in [1.29, 1.82) is 0 Å². The van der Waals surface area contributed by atoms with Gasteiger partial charge in [0.15, 0.2) is 0 Å². The Balaban J connectivity index is 1.94. The van der Waals surface area contributed by atoms with Crippen molar-refractivity contribution < 1.29 is 0 Å². The molecule has 3 rings (SSSR count). The van der Waals surface area contributed by atoms with Gasteiger partial charge in [0, 0.05) is 0 Å². The van der Waals surface area contributed by atoms with Crippen LogP contribution < -0.4 is 4.46 Å². The summed E-state index contributed by atoms with van der Waals surface area (Å²) < 4.78 is 3.51. The van der Waals surface area contributed by atoms with Crippen molar-refractivity contribution in [2.75, 3.05) is 0 Å². The molecule has 1 aromatic heterocycles. The Morgan fingerprint density at radius 2 is 2.00 bits per heavy atom. The molecule has 1 unspecified atom stereocenters. The molecule has 5 heteroatoms. The first-order chi connectivity index (χ1) is 11.1. The molecule has 0 N–H and O–H groups in total. The number of benzene rings is 2. The van der Waals surface area contributed by atoms with Crippen LogP contribution in [0.15, 0.2) is 61.2 Å². The van der Waals surface area contributed by atoms with Crippen molar-refractivity contribution in [3.63, 3.8) is 0 Å². The predicted molar refractivity (Wildman–Crippen MR) is 98.0 cm³/mol. The number of hydrogen-bond acceptors (Lipinski definition) is 1. The summed E-state index contributed by atoms with van der Waals surface area (Å²) in [6.07, 6.45) is 5.65. The second-order valence-corrected chi connectivity index (χ2v) is 8.75. The SMILES string of the molecule is Cc1ccccc1[Se]C(Cn1ccnc1)c1ccc(Cl)cc1Cl. The third kappa shape index (κ3) is 4.18. The molecule has 2 nitrogen and oxygen atoms in total. The predicted octanol–water partition coefficient (Wildman–Crippen LogP) is 4.27. The molecule has 118 valence electrons. The number of hydrogen-bond donors (Lipinski definition) is 0. The average Bonchev–Trinajstić information content (AvgIpc) is 3.02. The normalized spacial score (nSPS) is 12.3. The Kier molecular flexibility index (Phi) is 5.45. The van der Waals surface area contributed by atoms with Crippen molar-refractivity contribution in [1.82, 2.24) is 9.55 Å². The van der Waals surface area contributed by atoms with Gasteiger partial charge in [-0.2, -0.15) is 0 Å². The van der Waals surface area contributed by atoms with E-state index in [-0.39, 0.29) is 15.0 Å². The summed E-state index contributed by atoms with van der Waals surface area (Å²) in [6.45, 7) is 3.02. The molecule has 0 bridgehead atoms. The zero-order valence-corrected chi connectivity index (χ0v) is 15.8. The molecule has 0 aliphatic carbocycles. The zero-order chi connectivity index (χ0) is 16.2. The summed E-state index contributed by atoms with van der Waals surface area (Å²) in [7, 11) is 0. The van der Waals surface area contributed by atoms with Crippen LogP contribution in [0.2, 0.25) is 10.0 Å².